The number of benzene rings is 1. The van der Waals surface area contributed by atoms with E-state index in [0.29, 0.717) is 0 Å². The van der Waals surface area contributed by atoms with E-state index in [9.17, 15) is 8.78 Å². The van der Waals surface area contributed by atoms with Crippen LogP contribution in [0.1, 0.15) is 17.2 Å². The van der Waals surface area contributed by atoms with Crippen molar-refractivity contribution in [1.29, 1.82) is 0 Å². The maximum absolute atomic E-state index is 14.3. The first-order valence-electron chi connectivity index (χ1n) is 6.78. The van der Waals surface area contributed by atoms with E-state index in [0.717, 1.165) is 31.7 Å². The van der Waals surface area contributed by atoms with Gasteiger partial charge in [0.25, 0.3) is 0 Å². The van der Waals surface area contributed by atoms with Crippen LogP contribution < -0.4 is 5.32 Å². The molecule has 1 N–H and O–H groups in total. The van der Waals surface area contributed by atoms with Gasteiger partial charge in [-0.05, 0) is 34.5 Å². The third kappa shape index (κ3) is 3.60. The van der Waals surface area contributed by atoms with Crippen LogP contribution in [0.3, 0.4) is 0 Å². The summed E-state index contributed by atoms with van der Waals surface area (Å²) in [5.74, 6) is -1.18. The van der Waals surface area contributed by atoms with Crippen molar-refractivity contribution in [3.8, 4) is 0 Å². The number of hydrogen-bond acceptors (Lipinski definition) is 3. The van der Waals surface area contributed by atoms with Crippen molar-refractivity contribution < 1.29 is 8.78 Å². The molecule has 2 nitrogen and oxygen atoms in total. The van der Waals surface area contributed by atoms with E-state index >= 15 is 0 Å². The first-order chi connectivity index (χ1) is 10.2. The Labute approximate surface area is 143 Å². The normalized spacial score (nSPS) is 17.0. The Morgan fingerprint density at radius 2 is 1.82 bits per heavy atom. The molecule has 7 heteroatoms. The topological polar surface area (TPSA) is 15.3 Å². The van der Waals surface area contributed by atoms with Crippen molar-refractivity contribution in [1.82, 2.24) is 10.2 Å². The van der Waals surface area contributed by atoms with Crippen LogP contribution in [0.15, 0.2) is 29.0 Å². The quantitative estimate of drug-likeness (QED) is 0.881. The number of halogens is 4. The molecule has 0 bridgehead atoms. The molecule has 0 radical (unpaired) electrons. The standard InChI is InChI=1S/C15H15ClF2N2S.ClH/c16-11-7-12(17)14(13(18)8-11)15(10-1-6-21-9-10)20-4-2-19-3-5-20;/h1,6-9,15,19H,2-5H2;1H/t15-;/m1./s1. The van der Waals surface area contributed by atoms with E-state index in [-0.39, 0.29) is 23.0 Å². The highest BCUT2D eigenvalue weighted by Gasteiger charge is 2.29. The third-order valence-corrected chi connectivity index (χ3v) is 4.61. The molecule has 1 aliphatic rings. The Hall–Kier alpha value is -0.720. The zero-order valence-electron chi connectivity index (χ0n) is 11.7. The number of nitrogens with zero attached hydrogens (tertiary/aromatic N) is 1. The van der Waals surface area contributed by atoms with E-state index in [1.807, 2.05) is 16.8 Å². The van der Waals surface area contributed by atoms with Gasteiger partial charge in [0.05, 0.1) is 6.04 Å². The second kappa shape index (κ2) is 7.70. The molecule has 3 rings (SSSR count). The Morgan fingerprint density at radius 3 is 2.36 bits per heavy atom. The van der Waals surface area contributed by atoms with E-state index in [1.165, 1.54) is 23.5 Å². The molecule has 22 heavy (non-hydrogen) atoms. The monoisotopic (exact) mass is 364 g/mol. The van der Waals surface area contributed by atoms with Gasteiger partial charge >= 0.3 is 0 Å². The second-order valence-electron chi connectivity index (χ2n) is 5.03. The Bertz CT molecular complexity index is 593. The van der Waals surface area contributed by atoms with Gasteiger partial charge in [0.15, 0.2) is 0 Å². The minimum absolute atomic E-state index is 0. The number of nitrogens with one attached hydrogen (secondary N) is 1. The number of thiophene rings is 1. The maximum Gasteiger partial charge on any atom is 0.132 e. The van der Waals surface area contributed by atoms with Crippen LogP contribution >= 0.6 is 35.3 Å². The Balaban J connectivity index is 0.00000176. The van der Waals surface area contributed by atoms with Crippen molar-refractivity contribution in [2.24, 2.45) is 0 Å². The molecule has 1 atom stereocenters. The van der Waals surface area contributed by atoms with Crippen molar-refractivity contribution >= 4 is 35.3 Å². The lowest BCUT2D eigenvalue weighted by atomic mass is 9.97. The predicted octanol–water partition coefficient (Wildman–Crippen LogP) is 4.10. The molecule has 0 spiro atoms. The number of hydrogen-bond donors (Lipinski definition) is 1. The molecule has 1 saturated heterocycles. The molecule has 1 aromatic heterocycles. The average Bonchev–Trinajstić information content (AvgIpc) is 2.97. The molecule has 120 valence electrons. The summed E-state index contributed by atoms with van der Waals surface area (Å²) in [6.07, 6.45) is 0. The number of piperazine rings is 1. The highest BCUT2D eigenvalue weighted by molar-refractivity contribution is 7.08. The van der Waals surface area contributed by atoms with E-state index in [1.54, 1.807) is 0 Å². The predicted molar refractivity (Wildman–Crippen MR) is 89.2 cm³/mol. The molecule has 2 heterocycles. The summed E-state index contributed by atoms with van der Waals surface area (Å²) in [6.45, 7) is 3.14. The van der Waals surface area contributed by atoms with Gasteiger partial charge in [-0.2, -0.15) is 11.3 Å². The van der Waals surface area contributed by atoms with Gasteiger partial charge in [0, 0.05) is 36.8 Å². The smallest absolute Gasteiger partial charge is 0.132 e. The molecule has 1 aliphatic heterocycles. The fourth-order valence-electron chi connectivity index (χ4n) is 2.75. The highest BCUT2D eigenvalue weighted by Crippen LogP contribution is 2.34. The number of rotatable bonds is 3. The third-order valence-electron chi connectivity index (χ3n) is 3.69. The molecule has 1 aromatic carbocycles. The van der Waals surface area contributed by atoms with Crippen molar-refractivity contribution in [2.45, 2.75) is 6.04 Å². The van der Waals surface area contributed by atoms with Crippen molar-refractivity contribution in [2.75, 3.05) is 26.2 Å². The summed E-state index contributed by atoms with van der Waals surface area (Å²) in [5.41, 5.74) is 1.00. The van der Waals surface area contributed by atoms with Crippen LogP contribution in [0, 0.1) is 11.6 Å². The van der Waals surface area contributed by atoms with Crippen LogP contribution in [0.25, 0.3) is 0 Å². The van der Waals surface area contributed by atoms with Crippen LogP contribution in [-0.2, 0) is 0 Å². The summed E-state index contributed by atoms with van der Waals surface area (Å²) in [7, 11) is 0. The fraction of sp³-hybridized carbons (Fsp3) is 0.333. The lowest BCUT2D eigenvalue weighted by Crippen LogP contribution is -2.45. The fourth-order valence-corrected chi connectivity index (χ4v) is 3.62. The molecule has 2 aromatic rings. The summed E-state index contributed by atoms with van der Waals surface area (Å²) < 4.78 is 28.7. The molecule has 0 saturated carbocycles. The first kappa shape index (κ1) is 17.6. The van der Waals surface area contributed by atoms with Crippen molar-refractivity contribution in [3.05, 3.63) is 56.7 Å². The lowest BCUT2D eigenvalue weighted by molar-refractivity contribution is 0.192. The molecule has 0 aliphatic carbocycles. The van der Waals surface area contributed by atoms with Crippen LogP contribution in [0.5, 0.6) is 0 Å². The molecule has 1 fully saturated rings. The Kier molecular flexibility index (Phi) is 6.17. The summed E-state index contributed by atoms with van der Waals surface area (Å²) in [5, 5.41) is 7.21. The zero-order chi connectivity index (χ0) is 14.8. The van der Waals surface area contributed by atoms with Gasteiger partial charge in [-0.3, -0.25) is 4.90 Å². The van der Waals surface area contributed by atoms with Gasteiger partial charge in [0.2, 0.25) is 0 Å². The van der Waals surface area contributed by atoms with Gasteiger partial charge in [0.1, 0.15) is 11.6 Å². The van der Waals surface area contributed by atoms with Crippen LogP contribution in [-0.4, -0.2) is 31.1 Å². The summed E-state index contributed by atoms with van der Waals surface area (Å²) >= 11 is 7.26. The van der Waals surface area contributed by atoms with Crippen LogP contribution in [0.4, 0.5) is 8.78 Å². The van der Waals surface area contributed by atoms with Gasteiger partial charge in [-0.1, -0.05) is 11.6 Å². The highest BCUT2D eigenvalue weighted by atomic mass is 35.5. The summed E-state index contributed by atoms with van der Waals surface area (Å²) in [6, 6.07) is 3.88. The van der Waals surface area contributed by atoms with E-state index in [2.05, 4.69) is 10.2 Å². The van der Waals surface area contributed by atoms with Crippen molar-refractivity contribution in [3.63, 3.8) is 0 Å². The SMILES string of the molecule is Cl.Fc1cc(Cl)cc(F)c1[C@@H](c1ccsc1)N1CCNCC1. The maximum atomic E-state index is 14.3. The molecule has 0 amide bonds. The molecular weight excluding hydrogens is 349 g/mol. The van der Waals surface area contributed by atoms with E-state index < -0.39 is 17.7 Å². The van der Waals surface area contributed by atoms with Gasteiger partial charge in [-0.25, -0.2) is 8.78 Å². The van der Waals surface area contributed by atoms with E-state index in [4.69, 9.17) is 11.6 Å². The minimum Gasteiger partial charge on any atom is -0.314 e. The zero-order valence-corrected chi connectivity index (χ0v) is 14.1. The van der Waals surface area contributed by atoms with Crippen LogP contribution in [0.2, 0.25) is 5.02 Å². The van der Waals surface area contributed by atoms with Gasteiger partial charge in [-0.15, -0.1) is 12.4 Å². The largest absolute Gasteiger partial charge is 0.314 e. The Morgan fingerprint density at radius 1 is 1.18 bits per heavy atom. The average molecular weight is 365 g/mol. The molecular formula is C15H16Cl2F2N2S. The minimum atomic E-state index is -0.588. The lowest BCUT2D eigenvalue weighted by Gasteiger charge is -2.35. The van der Waals surface area contributed by atoms with Gasteiger partial charge < -0.3 is 5.32 Å². The molecule has 0 unspecified atom stereocenters. The summed E-state index contributed by atoms with van der Waals surface area (Å²) in [4.78, 5) is 2.11. The first-order valence-corrected chi connectivity index (χ1v) is 8.10. The second-order valence-corrected chi connectivity index (χ2v) is 6.24.